The molecule has 0 N–H and O–H groups in total. The molecule has 3 rings (SSSR count). The van der Waals surface area contributed by atoms with Gasteiger partial charge >= 0.3 is 6.18 Å². The van der Waals surface area contributed by atoms with Crippen molar-refractivity contribution in [3.63, 3.8) is 0 Å². The van der Waals surface area contributed by atoms with E-state index in [2.05, 4.69) is 24.3 Å². The van der Waals surface area contributed by atoms with Crippen LogP contribution in [0, 0.1) is 6.92 Å². The third kappa shape index (κ3) is 3.50. The second-order valence-corrected chi connectivity index (χ2v) is 5.64. The molecule has 0 aliphatic heterocycles. The highest BCUT2D eigenvalue weighted by atomic mass is 32.1. The first-order valence-corrected chi connectivity index (χ1v) is 7.44. The highest BCUT2D eigenvalue weighted by Gasteiger charge is 2.28. The van der Waals surface area contributed by atoms with Crippen LogP contribution in [0.25, 0.3) is 10.2 Å². The number of aryl methyl sites for hydroxylation is 1. The summed E-state index contributed by atoms with van der Waals surface area (Å²) in [6.45, 7) is 0.369. The van der Waals surface area contributed by atoms with Gasteiger partial charge in [-0.2, -0.15) is 17.5 Å². The molecular formula is C13H10F3N5O2S. The van der Waals surface area contributed by atoms with Gasteiger partial charge in [-0.05, 0) is 24.5 Å². The number of rotatable bonds is 4. The predicted molar refractivity (Wildman–Crippen MR) is 79.1 cm³/mol. The topological polar surface area (TPSA) is 82.8 Å². The summed E-state index contributed by atoms with van der Waals surface area (Å²) < 4.78 is 46.1. The Kier molecular flexibility index (Phi) is 4.18. The Hall–Kier alpha value is -2.56. The van der Waals surface area contributed by atoms with Crippen molar-refractivity contribution in [1.82, 2.24) is 24.1 Å². The van der Waals surface area contributed by atoms with Gasteiger partial charge in [0.25, 0.3) is 5.56 Å². The van der Waals surface area contributed by atoms with Gasteiger partial charge in [-0.15, -0.1) is 10.2 Å². The van der Waals surface area contributed by atoms with Crippen LogP contribution in [0.1, 0.15) is 11.4 Å². The quantitative estimate of drug-likeness (QED) is 0.710. The van der Waals surface area contributed by atoms with Gasteiger partial charge < -0.3 is 4.74 Å². The van der Waals surface area contributed by atoms with Crippen LogP contribution in [0.4, 0.5) is 13.2 Å². The van der Waals surface area contributed by atoms with Gasteiger partial charge in [-0.1, -0.05) is 0 Å². The van der Waals surface area contributed by atoms with Crippen LogP contribution >= 0.6 is 11.5 Å². The van der Waals surface area contributed by atoms with Crippen molar-refractivity contribution in [3.05, 3.63) is 40.2 Å². The van der Waals surface area contributed by atoms with E-state index >= 15 is 0 Å². The lowest BCUT2D eigenvalue weighted by Gasteiger charge is -2.08. The third-order valence-corrected chi connectivity index (χ3v) is 3.89. The maximum atomic E-state index is 12.4. The molecule has 24 heavy (non-hydrogen) atoms. The smallest absolute Gasteiger partial charge is 0.422 e. The SMILES string of the molecule is Cc1nsc2ncn(Cc3ccc(OCC(F)(F)F)nn3)c(=O)c12. The number of alkyl halides is 3. The fraction of sp³-hybridized carbons (Fsp3) is 0.308. The van der Waals surface area contributed by atoms with Crippen LogP contribution in [0.2, 0.25) is 0 Å². The molecule has 11 heteroatoms. The zero-order chi connectivity index (χ0) is 17.3. The molecule has 3 heterocycles. The van der Waals surface area contributed by atoms with E-state index in [0.717, 1.165) is 11.5 Å². The van der Waals surface area contributed by atoms with Crippen LogP contribution in [-0.2, 0) is 6.54 Å². The first kappa shape index (κ1) is 16.3. The first-order valence-electron chi connectivity index (χ1n) is 6.67. The summed E-state index contributed by atoms with van der Waals surface area (Å²) in [7, 11) is 0. The molecule has 0 aromatic carbocycles. The Balaban J connectivity index is 1.78. The Morgan fingerprint density at radius 1 is 1.29 bits per heavy atom. The summed E-state index contributed by atoms with van der Waals surface area (Å²) in [6, 6.07) is 2.70. The maximum absolute atomic E-state index is 12.4. The normalized spacial score (nSPS) is 11.8. The van der Waals surface area contributed by atoms with Crippen LogP contribution < -0.4 is 10.3 Å². The Labute approximate surface area is 136 Å². The van der Waals surface area contributed by atoms with Crippen molar-refractivity contribution in [2.75, 3.05) is 6.61 Å². The third-order valence-electron chi connectivity index (χ3n) is 3.05. The summed E-state index contributed by atoms with van der Waals surface area (Å²) in [5.41, 5.74) is 0.729. The fourth-order valence-corrected chi connectivity index (χ4v) is 2.70. The average Bonchev–Trinajstić information content (AvgIpc) is 2.90. The van der Waals surface area contributed by atoms with E-state index in [9.17, 15) is 18.0 Å². The van der Waals surface area contributed by atoms with Gasteiger partial charge in [0.2, 0.25) is 5.88 Å². The van der Waals surface area contributed by atoms with Gasteiger partial charge in [0, 0.05) is 6.07 Å². The molecule has 0 amide bonds. The van der Waals surface area contributed by atoms with Gasteiger partial charge in [0.1, 0.15) is 0 Å². The number of aromatic nitrogens is 5. The van der Waals surface area contributed by atoms with Crippen LogP contribution in [-0.4, -0.2) is 36.9 Å². The molecule has 0 unspecified atom stereocenters. The summed E-state index contributed by atoms with van der Waals surface area (Å²) in [6.07, 6.45) is -3.07. The van der Waals surface area contributed by atoms with Crippen molar-refractivity contribution in [2.45, 2.75) is 19.6 Å². The van der Waals surface area contributed by atoms with Gasteiger partial charge in [-0.3, -0.25) is 9.36 Å². The molecule has 0 saturated carbocycles. The number of hydrogen-bond donors (Lipinski definition) is 0. The Morgan fingerprint density at radius 3 is 2.75 bits per heavy atom. The Bertz CT molecular complexity index is 920. The second-order valence-electron chi connectivity index (χ2n) is 4.89. The molecule has 3 aromatic rings. The number of hydrogen-bond acceptors (Lipinski definition) is 7. The van der Waals surface area contributed by atoms with E-state index in [1.165, 1.54) is 23.0 Å². The molecule has 0 aliphatic rings. The molecule has 0 saturated heterocycles. The molecule has 0 atom stereocenters. The number of halogens is 3. The standard InChI is InChI=1S/C13H10F3N5O2S/c1-7-10-11(24-20-7)17-6-21(12(10)22)4-8-2-3-9(19-18-8)23-5-13(14,15)16/h2-3,6H,4-5H2,1H3. The highest BCUT2D eigenvalue weighted by Crippen LogP contribution is 2.17. The molecule has 7 nitrogen and oxygen atoms in total. The van der Waals surface area contributed by atoms with E-state index in [1.54, 1.807) is 6.92 Å². The number of nitrogens with zero attached hydrogens (tertiary/aromatic N) is 5. The molecule has 0 bridgehead atoms. The van der Waals surface area contributed by atoms with E-state index in [0.29, 0.717) is 21.6 Å². The number of ether oxygens (including phenoxy) is 1. The van der Waals surface area contributed by atoms with Crippen molar-refractivity contribution >= 4 is 21.7 Å². The molecule has 0 spiro atoms. The summed E-state index contributed by atoms with van der Waals surface area (Å²) in [5.74, 6) is -0.241. The minimum Gasteiger partial charge on any atom is -0.467 e. The van der Waals surface area contributed by atoms with Gasteiger partial charge in [0.05, 0.1) is 29.6 Å². The van der Waals surface area contributed by atoms with Gasteiger partial charge in [0.15, 0.2) is 11.4 Å². The minimum absolute atomic E-state index is 0.0869. The van der Waals surface area contributed by atoms with Crippen molar-refractivity contribution in [3.8, 4) is 5.88 Å². The van der Waals surface area contributed by atoms with Crippen molar-refractivity contribution in [2.24, 2.45) is 0 Å². The largest absolute Gasteiger partial charge is 0.467 e. The van der Waals surface area contributed by atoms with E-state index in [-0.39, 0.29) is 18.0 Å². The monoisotopic (exact) mass is 357 g/mol. The predicted octanol–water partition coefficient (Wildman–Crippen LogP) is 1.94. The van der Waals surface area contributed by atoms with E-state index < -0.39 is 12.8 Å². The summed E-state index contributed by atoms with van der Waals surface area (Å²) in [4.78, 5) is 17.1. The minimum atomic E-state index is -4.44. The van der Waals surface area contributed by atoms with Crippen LogP contribution in [0.15, 0.2) is 23.3 Å². The van der Waals surface area contributed by atoms with Crippen molar-refractivity contribution < 1.29 is 17.9 Å². The van der Waals surface area contributed by atoms with Crippen LogP contribution in [0.3, 0.4) is 0 Å². The van der Waals surface area contributed by atoms with Gasteiger partial charge in [-0.25, -0.2) is 4.98 Å². The molecule has 126 valence electrons. The maximum Gasteiger partial charge on any atom is 0.422 e. The zero-order valence-corrected chi connectivity index (χ0v) is 13.1. The lowest BCUT2D eigenvalue weighted by molar-refractivity contribution is -0.154. The molecular weight excluding hydrogens is 347 g/mol. The summed E-state index contributed by atoms with van der Waals surface area (Å²) in [5, 5.41) is 7.77. The Morgan fingerprint density at radius 2 is 2.08 bits per heavy atom. The van der Waals surface area contributed by atoms with E-state index in [4.69, 9.17) is 0 Å². The highest BCUT2D eigenvalue weighted by molar-refractivity contribution is 7.12. The average molecular weight is 357 g/mol. The fourth-order valence-electron chi connectivity index (χ4n) is 1.96. The molecule has 3 aromatic heterocycles. The first-order chi connectivity index (χ1) is 11.3. The zero-order valence-electron chi connectivity index (χ0n) is 12.2. The lowest BCUT2D eigenvalue weighted by atomic mass is 10.3. The molecule has 0 aliphatic carbocycles. The second kappa shape index (κ2) is 6.15. The summed E-state index contributed by atoms with van der Waals surface area (Å²) >= 11 is 1.14. The molecule has 0 fully saturated rings. The van der Waals surface area contributed by atoms with E-state index in [1.807, 2.05) is 0 Å². The molecule has 0 radical (unpaired) electrons. The number of fused-ring (bicyclic) bond motifs is 1. The van der Waals surface area contributed by atoms with Crippen LogP contribution in [0.5, 0.6) is 5.88 Å². The lowest BCUT2D eigenvalue weighted by Crippen LogP contribution is -2.22. The van der Waals surface area contributed by atoms with Crippen molar-refractivity contribution in [1.29, 1.82) is 0 Å².